The first-order valence-corrected chi connectivity index (χ1v) is 6.76. The highest BCUT2D eigenvalue weighted by Gasteiger charge is 2.40. The summed E-state index contributed by atoms with van der Waals surface area (Å²) in [6.07, 6.45) is 7.98. The predicted molar refractivity (Wildman–Crippen MR) is 74.9 cm³/mol. The minimum absolute atomic E-state index is 0.0565. The van der Waals surface area contributed by atoms with Gasteiger partial charge in [0.2, 0.25) is 0 Å². The molecule has 0 aliphatic carbocycles. The average Bonchev–Trinajstić information content (AvgIpc) is 3.12. The Morgan fingerprint density at radius 3 is 2.89 bits per heavy atom. The molecule has 0 N–H and O–H groups in total. The molecular formula is C16H22O2. The van der Waals surface area contributed by atoms with E-state index in [4.69, 9.17) is 9.47 Å². The normalized spacial score (nSPS) is 22.3. The molecule has 2 rings (SSSR count). The lowest BCUT2D eigenvalue weighted by atomic mass is 10.1. The van der Waals surface area contributed by atoms with Crippen molar-refractivity contribution in [3.63, 3.8) is 0 Å². The van der Waals surface area contributed by atoms with Gasteiger partial charge in [-0.25, -0.2) is 0 Å². The molecule has 0 amide bonds. The summed E-state index contributed by atoms with van der Waals surface area (Å²) < 4.78 is 11.2. The summed E-state index contributed by atoms with van der Waals surface area (Å²) in [6, 6.07) is 8.16. The van der Waals surface area contributed by atoms with Gasteiger partial charge in [0.1, 0.15) is 18.0 Å². The summed E-state index contributed by atoms with van der Waals surface area (Å²) >= 11 is 0. The second-order valence-electron chi connectivity index (χ2n) is 5.11. The van der Waals surface area contributed by atoms with Crippen LogP contribution in [-0.4, -0.2) is 18.8 Å². The molecule has 1 fully saturated rings. The molecule has 1 atom stereocenters. The molecule has 1 heterocycles. The Labute approximate surface area is 110 Å². The summed E-state index contributed by atoms with van der Waals surface area (Å²) in [6.45, 7) is 5.72. The van der Waals surface area contributed by atoms with Crippen molar-refractivity contribution in [3.8, 4) is 5.75 Å². The number of benzene rings is 1. The van der Waals surface area contributed by atoms with Gasteiger partial charge in [-0.2, -0.15) is 0 Å². The van der Waals surface area contributed by atoms with E-state index in [1.54, 1.807) is 0 Å². The molecule has 2 heteroatoms. The van der Waals surface area contributed by atoms with E-state index in [1.165, 1.54) is 12.8 Å². The lowest BCUT2D eigenvalue weighted by molar-refractivity contribution is 0.202. The topological polar surface area (TPSA) is 21.8 Å². The lowest BCUT2D eigenvalue weighted by Gasteiger charge is -2.11. The molecule has 1 aliphatic heterocycles. The number of hydrogen-bond acceptors (Lipinski definition) is 2. The van der Waals surface area contributed by atoms with Crippen molar-refractivity contribution in [2.75, 3.05) is 13.2 Å². The van der Waals surface area contributed by atoms with Crippen LogP contribution in [0.4, 0.5) is 0 Å². The monoisotopic (exact) mass is 246 g/mol. The molecule has 0 spiro atoms. The van der Waals surface area contributed by atoms with Crippen LogP contribution in [0.1, 0.15) is 38.7 Å². The van der Waals surface area contributed by atoms with Gasteiger partial charge in [0.25, 0.3) is 0 Å². The van der Waals surface area contributed by atoms with Gasteiger partial charge in [-0.1, -0.05) is 50.1 Å². The van der Waals surface area contributed by atoms with E-state index in [0.717, 1.165) is 24.3 Å². The van der Waals surface area contributed by atoms with Gasteiger partial charge < -0.3 is 9.47 Å². The second kappa shape index (κ2) is 6.05. The zero-order valence-electron chi connectivity index (χ0n) is 11.3. The first kappa shape index (κ1) is 13.2. The number of para-hydroxylation sites is 1. The Bertz CT molecular complexity index is 405. The number of ether oxygens (including phenoxy) is 2. The Hall–Kier alpha value is -1.28. The molecule has 1 unspecified atom stereocenters. The van der Waals surface area contributed by atoms with Gasteiger partial charge in [-0.3, -0.25) is 0 Å². The number of epoxide rings is 1. The van der Waals surface area contributed by atoms with Gasteiger partial charge in [0.05, 0.1) is 6.61 Å². The smallest absolute Gasteiger partial charge is 0.126 e. The molecule has 1 aliphatic rings. The highest BCUT2D eigenvalue weighted by molar-refractivity contribution is 5.57. The third-order valence-corrected chi connectivity index (χ3v) is 3.11. The van der Waals surface area contributed by atoms with Gasteiger partial charge >= 0.3 is 0 Å². The summed E-state index contributed by atoms with van der Waals surface area (Å²) in [5.41, 5.74) is 1.09. The van der Waals surface area contributed by atoms with Crippen molar-refractivity contribution in [1.82, 2.24) is 0 Å². The molecule has 0 bridgehead atoms. The first-order chi connectivity index (χ1) is 8.73. The maximum absolute atomic E-state index is 5.84. The molecule has 0 radical (unpaired) electrons. The second-order valence-corrected chi connectivity index (χ2v) is 5.11. The van der Waals surface area contributed by atoms with Crippen molar-refractivity contribution in [3.05, 3.63) is 35.9 Å². The van der Waals surface area contributed by atoms with Crippen LogP contribution in [0.2, 0.25) is 0 Å². The maximum atomic E-state index is 5.84. The quantitative estimate of drug-likeness (QED) is 0.534. The number of rotatable bonds is 7. The van der Waals surface area contributed by atoms with E-state index in [1.807, 2.05) is 18.2 Å². The molecule has 1 saturated heterocycles. The summed E-state index contributed by atoms with van der Waals surface area (Å²) in [4.78, 5) is 0. The largest absolute Gasteiger partial charge is 0.490 e. The minimum atomic E-state index is -0.0565. The third kappa shape index (κ3) is 3.88. The van der Waals surface area contributed by atoms with Crippen LogP contribution in [0.15, 0.2) is 30.3 Å². The summed E-state index contributed by atoms with van der Waals surface area (Å²) in [5, 5.41) is 0. The van der Waals surface area contributed by atoms with E-state index < -0.39 is 0 Å². The molecule has 2 nitrogen and oxygen atoms in total. The standard InChI is InChI=1S/C16H22O2/c1-3-4-5-6-9-14-10-7-8-11-15(14)17-12-16(2)13-18-16/h6-11H,3-5,12-13H2,1-2H3/b9-6+. The molecule has 1 aromatic rings. The van der Waals surface area contributed by atoms with Crippen molar-refractivity contribution < 1.29 is 9.47 Å². The molecule has 1 aromatic carbocycles. The molecule has 18 heavy (non-hydrogen) atoms. The van der Waals surface area contributed by atoms with Crippen molar-refractivity contribution in [1.29, 1.82) is 0 Å². The van der Waals surface area contributed by atoms with E-state index in [9.17, 15) is 0 Å². The third-order valence-electron chi connectivity index (χ3n) is 3.11. The van der Waals surface area contributed by atoms with Crippen LogP contribution in [0.3, 0.4) is 0 Å². The highest BCUT2D eigenvalue weighted by Crippen LogP contribution is 2.28. The van der Waals surface area contributed by atoms with Gasteiger partial charge in [0.15, 0.2) is 0 Å². The highest BCUT2D eigenvalue weighted by atomic mass is 16.6. The molecule has 0 saturated carbocycles. The van der Waals surface area contributed by atoms with Crippen molar-refractivity contribution >= 4 is 6.08 Å². The van der Waals surface area contributed by atoms with Crippen molar-refractivity contribution in [2.24, 2.45) is 0 Å². The van der Waals surface area contributed by atoms with Crippen LogP contribution in [0.25, 0.3) is 6.08 Å². The van der Waals surface area contributed by atoms with Gasteiger partial charge in [-0.05, 0) is 19.4 Å². The molecular weight excluding hydrogens is 224 g/mol. The predicted octanol–water partition coefficient (Wildman–Crippen LogP) is 4.06. The first-order valence-electron chi connectivity index (χ1n) is 6.76. The fraction of sp³-hybridized carbons (Fsp3) is 0.500. The zero-order chi connectivity index (χ0) is 12.8. The van der Waals surface area contributed by atoms with Crippen LogP contribution in [0.5, 0.6) is 5.75 Å². The van der Waals surface area contributed by atoms with Gasteiger partial charge in [0, 0.05) is 5.56 Å². The summed E-state index contributed by atoms with van der Waals surface area (Å²) in [5.74, 6) is 0.946. The number of hydrogen-bond donors (Lipinski definition) is 0. The minimum Gasteiger partial charge on any atom is -0.490 e. The fourth-order valence-corrected chi connectivity index (χ4v) is 1.72. The van der Waals surface area contributed by atoms with E-state index in [-0.39, 0.29) is 5.60 Å². The summed E-state index contributed by atoms with van der Waals surface area (Å²) in [7, 11) is 0. The Morgan fingerprint density at radius 2 is 2.17 bits per heavy atom. The fourth-order valence-electron chi connectivity index (χ4n) is 1.72. The number of allylic oxidation sites excluding steroid dienone is 1. The number of unbranched alkanes of at least 4 members (excludes halogenated alkanes) is 2. The van der Waals surface area contributed by atoms with E-state index in [0.29, 0.717) is 6.61 Å². The van der Waals surface area contributed by atoms with Crippen LogP contribution in [-0.2, 0) is 4.74 Å². The lowest BCUT2D eigenvalue weighted by Crippen LogP contribution is -2.17. The Morgan fingerprint density at radius 1 is 1.39 bits per heavy atom. The van der Waals surface area contributed by atoms with Crippen LogP contribution in [0, 0.1) is 0 Å². The average molecular weight is 246 g/mol. The Balaban J connectivity index is 1.94. The van der Waals surface area contributed by atoms with E-state index >= 15 is 0 Å². The zero-order valence-corrected chi connectivity index (χ0v) is 11.3. The van der Waals surface area contributed by atoms with Crippen LogP contribution < -0.4 is 4.74 Å². The SMILES string of the molecule is CCCC/C=C/c1ccccc1OCC1(C)CO1. The van der Waals surface area contributed by atoms with Gasteiger partial charge in [-0.15, -0.1) is 0 Å². The molecule has 98 valence electrons. The van der Waals surface area contributed by atoms with Crippen molar-refractivity contribution in [2.45, 2.75) is 38.7 Å². The molecule has 0 aromatic heterocycles. The maximum Gasteiger partial charge on any atom is 0.126 e. The Kier molecular flexibility index (Phi) is 4.43. The van der Waals surface area contributed by atoms with Crippen LogP contribution >= 0.6 is 0 Å². The van der Waals surface area contributed by atoms with E-state index in [2.05, 4.69) is 32.1 Å².